The van der Waals surface area contributed by atoms with Gasteiger partial charge in [-0.25, -0.2) is 0 Å². The Morgan fingerprint density at radius 2 is 2.38 bits per heavy atom. The van der Waals surface area contributed by atoms with Gasteiger partial charge in [-0.1, -0.05) is 0 Å². The van der Waals surface area contributed by atoms with Crippen LogP contribution in [0.5, 0.6) is 0 Å². The monoisotopic (exact) mass is 184 g/mol. The van der Waals surface area contributed by atoms with Gasteiger partial charge in [0.25, 0.3) is 0 Å². The molecule has 0 radical (unpaired) electrons. The van der Waals surface area contributed by atoms with Crippen LogP contribution in [0.15, 0.2) is 17.3 Å². The first-order valence-corrected chi connectivity index (χ1v) is 4.26. The summed E-state index contributed by atoms with van der Waals surface area (Å²) in [7, 11) is 1.70. The number of hydrogen-bond donors (Lipinski definition) is 1. The number of allylic oxidation sites excluding steroid dienone is 1. The van der Waals surface area contributed by atoms with E-state index in [2.05, 4.69) is 4.99 Å². The summed E-state index contributed by atoms with van der Waals surface area (Å²) in [5, 5.41) is 0. The molecule has 0 aromatic heterocycles. The maximum absolute atomic E-state index is 5.16. The van der Waals surface area contributed by atoms with E-state index in [1.54, 1.807) is 19.4 Å². The molecule has 0 saturated carbocycles. The van der Waals surface area contributed by atoms with Crippen LogP contribution in [0, 0.1) is 5.41 Å². The quantitative estimate of drug-likeness (QED) is 0.621. The van der Waals surface area contributed by atoms with Crippen LogP contribution in [-0.4, -0.2) is 39.7 Å². The minimum atomic E-state index is 0.105. The van der Waals surface area contributed by atoms with Crippen molar-refractivity contribution >= 4 is 6.21 Å². The fraction of sp³-hybridized carbons (Fsp3) is 0.667. The van der Waals surface area contributed by atoms with Crippen molar-refractivity contribution in [1.29, 1.82) is 0 Å². The van der Waals surface area contributed by atoms with Crippen LogP contribution in [0.1, 0.15) is 0 Å². The number of methoxy groups -OCH3 is 1. The maximum atomic E-state index is 5.16. The Morgan fingerprint density at radius 3 is 2.85 bits per heavy atom. The Bertz CT molecular complexity index is 198. The van der Waals surface area contributed by atoms with E-state index in [1.165, 1.54) is 6.20 Å². The summed E-state index contributed by atoms with van der Waals surface area (Å²) in [4.78, 5) is 4.22. The topological polar surface area (TPSA) is 56.8 Å². The van der Waals surface area contributed by atoms with Crippen molar-refractivity contribution in [1.82, 2.24) is 0 Å². The van der Waals surface area contributed by atoms with Gasteiger partial charge in [-0.3, -0.25) is 4.99 Å². The van der Waals surface area contributed by atoms with Crippen LogP contribution < -0.4 is 5.73 Å². The third kappa shape index (κ3) is 2.82. The van der Waals surface area contributed by atoms with Gasteiger partial charge in [0, 0.05) is 13.3 Å². The zero-order valence-corrected chi connectivity index (χ0v) is 7.90. The fourth-order valence-corrected chi connectivity index (χ4v) is 1.27. The summed E-state index contributed by atoms with van der Waals surface area (Å²) < 4.78 is 10.3. The predicted molar refractivity (Wildman–Crippen MR) is 51.8 cm³/mol. The number of rotatable bonds is 5. The Hall–Kier alpha value is -0.870. The molecule has 0 atom stereocenters. The predicted octanol–water partition coefficient (Wildman–Crippen LogP) is 0.193. The molecule has 0 aliphatic carbocycles. The van der Waals surface area contributed by atoms with Crippen LogP contribution in [-0.2, 0) is 9.47 Å². The van der Waals surface area contributed by atoms with Gasteiger partial charge in [0.2, 0.25) is 0 Å². The van der Waals surface area contributed by atoms with E-state index in [0.717, 1.165) is 19.8 Å². The molecule has 1 heterocycles. The van der Waals surface area contributed by atoms with E-state index in [1.807, 2.05) is 0 Å². The van der Waals surface area contributed by atoms with Gasteiger partial charge in [0.05, 0.1) is 31.8 Å². The van der Waals surface area contributed by atoms with Gasteiger partial charge in [-0.2, -0.15) is 0 Å². The van der Waals surface area contributed by atoms with Gasteiger partial charge in [-0.05, 0) is 12.3 Å². The van der Waals surface area contributed by atoms with Crippen LogP contribution in [0.25, 0.3) is 0 Å². The average molecular weight is 184 g/mol. The molecule has 1 aliphatic rings. The second-order valence-corrected chi connectivity index (χ2v) is 3.30. The lowest BCUT2D eigenvalue weighted by atomic mass is 9.87. The standard InChI is InChI=1S/C9H16N2O2/c1-12-6-9(7-13-8-9)5-11-4-2-3-10/h2-4H,5-8,10H2,1H3/b3-2-,11-4?. The first kappa shape index (κ1) is 10.2. The van der Waals surface area contributed by atoms with Crippen LogP contribution in [0.4, 0.5) is 0 Å². The van der Waals surface area contributed by atoms with Crippen LogP contribution >= 0.6 is 0 Å². The average Bonchev–Trinajstić information content (AvgIpc) is 2.08. The molecule has 4 nitrogen and oxygen atoms in total. The SMILES string of the molecule is COCC1(CN=C/C=C\N)COC1. The molecule has 1 saturated heterocycles. The number of nitrogens with zero attached hydrogens (tertiary/aromatic N) is 1. The molecule has 0 aromatic carbocycles. The third-order valence-electron chi connectivity index (χ3n) is 2.00. The third-order valence-corrected chi connectivity index (χ3v) is 2.00. The van der Waals surface area contributed by atoms with Crippen LogP contribution in [0.2, 0.25) is 0 Å². The van der Waals surface area contributed by atoms with E-state index in [0.29, 0.717) is 6.61 Å². The highest BCUT2D eigenvalue weighted by Crippen LogP contribution is 2.27. The molecular weight excluding hydrogens is 168 g/mol. The summed E-state index contributed by atoms with van der Waals surface area (Å²) in [6.07, 6.45) is 4.87. The number of hydrogen-bond acceptors (Lipinski definition) is 4. The molecule has 1 rings (SSSR count). The van der Waals surface area contributed by atoms with Gasteiger partial charge in [0.1, 0.15) is 0 Å². The van der Waals surface area contributed by atoms with Crippen molar-refractivity contribution in [3.63, 3.8) is 0 Å². The molecule has 2 N–H and O–H groups in total. The zero-order chi connectivity index (χ0) is 9.57. The maximum Gasteiger partial charge on any atom is 0.0599 e. The smallest absolute Gasteiger partial charge is 0.0599 e. The molecule has 0 unspecified atom stereocenters. The van der Waals surface area contributed by atoms with Crippen molar-refractivity contribution in [3.05, 3.63) is 12.3 Å². The van der Waals surface area contributed by atoms with Gasteiger partial charge in [-0.15, -0.1) is 0 Å². The highest BCUT2D eigenvalue weighted by Gasteiger charge is 2.38. The zero-order valence-electron chi connectivity index (χ0n) is 7.90. The second-order valence-electron chi connectivity index (χ2n) is 3.30. The van der Waals surface area contributed by atoms with E-state index in [9.17, 15) is 0 Å². The minimum Gasteiger partial charge on any atom is -0.405 e. The molecular formula is C9H16N2O2. The number of aliphatic imine (C=N–C) groups is 1. The minimum absolute atomic E-state index is 0.105. The first-order valence-electron chi connectivity index (χ1n) is 4.26. The Morgan fingerprint density at radius 1 is 1.62 bits per heavy atom. The normalized spacial score (nSPS) is 21.0. The number of nitrogens with two attached hydrogens (primary N) is 1. The molecule has 13 heavy (non-hydrogen) atoms. The molecule has 4 heteroatoms. The molecule has 0 bridgehead atoms. The van der Waals surface area contributed by atoms with Crippen molar-refractivity contribution < 1.29 is 9.47 Å². The van der Waals surface area contributed by atoms with Crippen molar-refractivity contribution in [2.24, 2.45) is 16.1 Å². The summed E-state index contributed by atoms with van der Waals surface area (Å²) in [5.41, 5.74) is 5.27. The van der Waals surface area contributed by atoms with E-state index in [-0.39, 0.29) is 5.41 Å². The first-order chi connectivity index (χ1) is 6.33. The van der Waals surface area contributed by atoms with Gasteiger partial charge in [0.15, 0.2) is 0 Å². The largest absolute Gasteiger partial charge is 0.405 e. The Balaban J connectivity index is 2.31. The second kappa shape index (κ2) is 4.99. The molecule has 1 fully saturated rings. The van der Waals surface area contributed by atoms with Crippen LogP contribution in [0.3, 0.4) is 0 Å². The van der Waals surface area contributed by atoms with E-state index >= 15 is 0 Å². The van der Waals surface area contributed by atoms with Gasteiger partial charge >= 0.3 is 0 Å². The molecule has 0 aromatic rings. The summed E-state index contributed by atoms with van der Waals surface area (Å²) in [6.45, 7) is 2.93. The molecule has 0 amide bonds. The number of ether oxygens (including phenoxy) is 2. The lowest BCUT2D eigenvalue weighted by Crippen LogP contribution is -2.48. The lowest BCUT2D eigenvalue weighted by Gasteiger charge is -2.39. The molecule has 74 valence electrons. The summed E-state index contributed by atoms with van der Waals surface area (Å²) in [6, 6.07) is 0. The summed E-state index contributed by atoms with van der Waals surface area (Å²) in [5.74, 6) is 0. The van der Waals surface area contributed by atoms with Gasteiger partial charge < -0.3 is 15.2 Å². The van der Waals surface area contributed by atoms with E-state index < -0.39 is 0 Å². The van der Waals surface area contributed by atoms with Crippen molar-refractivity contribution in [3.8, 4) is 0 Å². The highest BCUT2D eigenvalue weighted by molar-refractivity contribution is 5.70. The molecule has 1 aliphatic heterocycles. The fourth-order valence-electron chi connectivity index (χ4n) is 1.27. The summed E-state index contributed by atoms with van der Waals surface area (Å²) >= 11 is 0. The molecule has 0 spiro atoms. The highest BCUT2D eigenvalue weighted by atomic mass is 16.5. The Kier molecular flexibility index (Phi) is 3.92. The Labute approximate surface area is 78.4 Å². The van der Waals surface area contributed by atoms with Crippen molar-refractivity contribution in [2.45, 2.75) is 0 Å². The van der Waals surface area contributed by atoms with E-state index in [4.69, 9.17) is 15.2 Å². The lowest BCUT2D eigenvalue weighted by molar-refractivity contribution is -0.136. The van der Waals surface area contributed by atoms with Crippen molar-refractivity contribution in [2.75, 3.05) is 33.5 Å².